The molecule has 0 atom stereocenters. The van der Waals surface area contributed by atoms with Crippen molar-refractivity contribution in [2.24, 2.45) is 4.99 Å². The summed E-state index contributed by atoms with van der Waals surface area (Å²) in [4.78, 5) is 32.1. The van der Waals surface area contributed by atoms with E-state index in [1.165, 1.54) is 18.3 Å². The lowest BCUT2D eigenvalue weighted by Gasteiger charge is -2.08. The van der Waals surface area contributed by atoms with Gasteiger partial charge in [0.25, 0.3) is 5.91 Å². The molecule has 0 saturated carbocycles. The maximum Gasteiger partial charge on any atom is 0.307 e. The minimum absolute atomic E-state index is 0.126. The van der Waals surface area contributed by atoms with Crippen LogP contribution < -0.4 is 10.1 Å². The van der Waals surface area contributed by atoms with E-state index in [2.05, 4.69) is 31.2 Å². The number of rotatable bonds is 8. The highest BCUT2D eigenvalue weighted by molar-refractivity contribution is 9.10. The lowest BCUT2D eigenvalue weighted by atomic mass is 10.1. The number of halogens is 2. The first-order chi connectivity index (χ1) is 19.3. The van der Waals surface area contributed by atoms with Crippen molar-refractivity contribution >= 4 is 56.5 Å². The van der Waals surface area contributed by atoms with Crippen molar-refractivity contribution < 1.29 is 28.2 Å². The van der Waals surface area contributed by atoms with E-state index in [0.29, 0.717) is 49.3 Å². The highest BCUT2D eigenvalue weighted by Gasteiger charge is 2.13. The van der Waals surface area contributed by atoms with E-state index in [1.807, 2.05) is 0 Å². The molecule has 0 aliphatic rings. The summed E-state index contributed by atoms with van der Waals surface area (Å²) in [7, 11) is 1.55. The molecule has 200 valence electrons. The molecule has 5 rings (SSSR count). The molecule has 0 bridgehead atoms. The number of anilines is 1. The molecule has 1 heterocycles. The number of amides is 1. The van der Waals surface area contributed by atoms with E-state index in [4.69, 9.17) is 14.3 Å². The number of oxazole rings is 1. The lowest BCUT2D eigenvalue weighted by Crippen LogP contribution is -2.11. The first kappa shape index (κ1) is 26.8. The number of fused-ring (bicyclic) bond motifs is 1. The highest BCUT2D eigenvalue weighted by atomic mass is 79.9. The Morgan fingerprint density at radius 3 is 2.58 bits per heavy atom. The second-order valence-electron chi connectivity index (χ2n) is 8.74. The van der Waals surface area contributed by atoms with E-state index in [0.717, 1.165) is 0 Å². The zero-order valence-corrected chi connectivity index (χ0v) is 22.6. The van der Waals surface area contributed by atoms with Gasteiger partial charge in [-0.2, -0.15) is 0 Å². The van der Waals surface area contributed by atoms with Crippen LogP contribution in [0.3, 0.4) is 0 Å². The molecule has 5 aromatic rings. The van der Waals surface area contributed by atoms with Crippen molar-refractivity contribution in [2.75, 3.05) is 12.4 Å². The van der Waals surface area contributed by atoms with Crippen molar-refractivity contribution in [3.8, 4) is 17.2 Å². The van der Waals surface area contributed by atoms with Gasteiger partial charge in [0.2, 0.25) is 5.89 Å². The van der Waals surface area contributed by atoms with Crippen molar-refractivity contribution in [1.29, 1.82) is 0 Å². The molecular weight excluding hydrogens is 581 g/mol. The number of carboxylic acid groups (broad SMARTS) is 1. The Balaban J connectivity index is 1.26. The number of ether oxygens (including phenoxy) is 1. The second-order valence-corrected chi connectivity index (χ2v) is 9.60. The summed E-state index contributed by atoms with van der Waals surface area (Å²) in [5.41, 5.74) is 3.90. The van der Waals surface area contributed by atoms with Crippen LogP contribution in [0.5, 0.6) is 5.75 Å². The fourth-order valence-corrected chi connectivity index (χ4v) is 4.47. The monoisotopic (exact) mass is 601 g/mol. The van der Waals surface area contributed by atoms with Crippen molar-refractivity contribution in [2.45, 2.75) is 6.42 Å². The number of aliphatic imine (C=N–C) groups is 1. The maximum atomic E-state index is 14.8. The quantitative estimate of drug-likeness (QED) is 0.184. The number of aromatic nitrogens is 1. The fourth-order valence-electron chi connectivity index (χ4n) is 3.93. The zero-order valence-electron chi connectivity index (χ0n) is 21.0. The summed E-state index contributed by atoms with van der Waals surface area (Å²) in [5.74, 6) is -0.923. The average Bonchev–Trinajstić information content (AvgIpc) is 3.36. The zero-order chi connectivity index (χ0) is 28.2. The van der Waals surface area contributed by atoms with Crippen LogP contribution in [0.4, 0.5) is 15.8 Å². The number of carbonyl (C=O) groups is 2. The van der Waals surface area contributed by atoms with Crippen LogP contribution in [0, 0.1) is 5.82 Å². The molecule has 10 heteroatoms. The molecule has 0 fully saturated rings. The average molecular weight is 602 g/mol. The van der Waals surface area contributed by atoms with Crippen LogP contribution in [-0.2, 0) is 11.2 Å². The molecule has 2 N–H and O–H groups in total. The Labute approximate surface area is 236 Å². The Morgan fingerprint density at radius 1 is 1.07 bits per heavy atom. The van der Waals surface area contributed by atoms with Crippen molar-refractivity contribution in [3.05, 3.63) is 106 Å². The van der Waals surface area contributed by atoms with Crippen LogP contribution in [0.15, 0.2) is 92.7 Å². The number of nitrogens with one attached hydrogen (secondary N) is 1. The summed E-state index contributed by atoms with van der Waals surface area (Å²) < 4.78 is 26.4. The van der Waals surface area contributed by atoms with Gasteiger partial charge in [0.05, 0.1) is 23.7 Å². The number of hydrogen-bond acceptors (Lipinski definition) is 6. The van der Waals surface area contributed by atoms with Gasteiger partial charge in [0, 0.05) is 23.0 Å². The largest absolute Gasteiger partial charge is 0.496 e. The molecule has 0 unspecified atom stereocenters. The first-order valence-corrected chi connectivity index (χ1v) is 12.8. The molecule has 8 nitrogen and oxygen atoms in total. The highest BCUT2D eigenvalue weighted by Crippen LogP contribution is 2.29. The van der Waals surface area contributed by atoms with Gasteiger partial charge in [-0.1, -0.05) is 18.2 Å². The summed E-state index contributed by atoms with van der Waals surface area (Å²) in [6, 6.07) is 21.4. The number of carbonyl (C=O) groups excluding carboxylic acids is 1. The van der Waals surface area contributed by atoms with E-state index >= 15 is 0 Å². The minimum Gasteiger partial charge on any atom is -0.496 e. The third-order valence-electron chi connectivity index (χ3n) is 5.94. The number of benzene rings is 4. The van der Waals surface area contributed by atoms with E-state index < -0.39 is 11.8 Å². The molecule has 0 aliphatic carbocycles. The third-order valence-corrected chi connectivity index (χ3v) is 6.56. The number of aliphatic carboxylic acids is 1. The first-order valence-electron chi connectivity index (χ1n) is 12.0. The number of hydrogen-bond donors (Lipinski definition) is 2. The van der Waals surface area contributed by atoms with Gasteiger partial charge in [-0.05, 0) is 87.7 Å². The Hall–Kier alpha value is -4.83. The van der Waals surface area contributed by atoms with Gasteiger partial charge < -0.3 is 19.6 Å². The third kappa shape index (κ3) is 6.08. The smallest absolute Gasteiger partial charge is 0.307 e. The molecular formula is C30H21BrFN3O5. The second kappa shape index (κ2) is 11.5. The normalized spacial score (nSPS) is 11.2. The molecule has 0 spiro atoms. The van der Waals surface area contributed by atoms with E-state index in [9.17, 15) is 14.0 Å². The summed E-state index contributed by atoms with van der Waals surface area (Å²) in [6.07, 6.45) is 1.40. The molecule has 1 aromatic heterocycles. The summed E-state index contributed by atoms with van der Waals surface area (Å²) in [6.45, 7) is 0. The maximum absolute atomic E-state index is 14.8. The minimum atomic E-state index is -0.942. The van der Waals surface area contributed by atoms with Gasteiger partial charge in [0.1, 0.15) is 17.1 Å². The van der Waals surface area contributed by atoms with Crippen molar-refractivity contribution in [1.82, 2.24) is 4.98 Å². The molecule has 0 saturated heterocycles. The van der Waals surface area contributed by atoms with E-state index in [-0.39, 0.29) is 23.9 Å². The van der Waals surface area contributed by atoms with Gasteiger partial charge in [-0.25, -0.2) is 9.37 Å². The Kier molecular flexibility index (Phi) is 7.70. The summed E-state index contributed by atoms with van der Waals surface area (Å²) >= 11 is 3.37. The van der Waals surface area contributed by atoms with Crippen LogP contribution in [0.1, 0.15) is 21.5 Å². The topological polar surface area (TPSA) is 114 Å². The number of nitrogens with zero attached hydrogens (tertiary/aromatic N) is 2. The molecule has 0 aliphatic heterocycles. The SMILES string of the molecule is COc1ccc(C(=O)Nc2ccc(/C=N/c3ccc(-c4nc5cc(CC(=O)O)ccc5o4)cc3F)cc2)cc1Br. The Morgan fingerprint density at radius 2 is 1.88 bits per heavy atom. The standard InChI is InChI=1S/C30H21BrFN3O5/c1-39-26-11-6-19(14-22(26)31)29(38)34-21-7-2-17(3-8-21)16-33-24-9-5-20(15-23(24)32)30-35-25-12-18(13-28(36)37)4-10-27(25)40-30/h2-12,14-16H,13H2,1H3,(H,34,38)(H,36,37)/b33-16+. The van der Waals surface area contributed by atoms with Crippen LogP contribution in [0.25, 0.3) is 22.6 Å². The molecule has 0 radical (unpaired) electrons. The number of carboxylic acids is 1. The molecule has 1 amide bonds. The van der Waals surface area contributed by atoms with Crippen LogP contribution >= 0.6 is 15.9 Å². The van der Waals surface area contributed by atoms with Gasteiger partial charge in [-0.3, -0.25) is 14.6 Å². The Bertz CT molecular complexity index is 1770. The molecule has 4 aromatic carbocycles. The van der Waals surface area contributed by atoms with Crippen LogP contribution in [-0.4, -0.2) is 35.3 Å². The van der Waals surface area contributed by atoms with Gasteiger partial charge in [-0.15, -0.1) is 0 Å². The van der Waals surface area contributed by atoms with Crippen LogP contribution in [0.2, 0.25) is 0 Å². The number of methoxy groups -OCH3 is 1. The predicted molar refractivity (Wildman–Crippen MR) is 153 cm³/mol. The summed E-state index contributed by atoms with van der Waals surface area (Å²) in [5, 5.41) is 11.8. The molecule has 40 heavy (non-hydrogen) atoms. The fraction of sp³-hybridized carbons (Fsp3) is 0.0667. The van der Waals surface area contributed by atoms with Crippen molar-refractivity contribution in [3.63, 3.8) is 0 Å². The lowest BCUT2D eigenvalue weighted by molar-refractivity contribution is -0.136. The van der Waals surface area contributed by atoms with E-state index in [1.54, 1.807) is 73.8 Å². The predicted octanol–water partition coefficient (Wildman–Crippen LogP) is 7.04. The van der Waals surface area contributed by atoms with Gasteiger partial charge >= 0.3 is 5.97 Å². The van der Waals surface area contributed by atoms with Gasteiger partial charge in [0.15, 0.2) is 5.58 Å².